The number of fused-ring (bicyclic) bond motifs is 2. The highest BCUT2D eigenvalue weighted by Crippen LogP contribution is 2.36. The van der Waals surface area contributed by atoms with Gasteiger partial charge in [-0.25, -0.2) is 9.59 Å². The van der Waals surface area contributed by atoms with Crippen LogP contribution in [0.5, 0.6) is 0 Å². The van der Waals surface area contributed by atoms with Gasteiger partial charge in [0.05, 0.1) is 30.0 Å². The molecule has 2 aromatic carbocycles. The van der Waals surface area contributed by atoms with Crippen LogP contribution in [-0.2, 0) is 36.6 Å². The van der Waals surface area contributed by atoms with Crippen molar-refractivity contribution in [1.82, 2.24) is 9.27 Å². The van der Waals surface area contributed by atoms with E-state index in [1.807, 2.05) is 12.1 Å². The number of piperazine rings is 1. The summed E-state index contributed by atoms with van der Waals surface area (Å²) in [5, 5.41) is 1.69. The third kappa shape index (κ3) is 9.18. The summed E-state index contributed by atoms with van der Waals surface area (Å²) in [4.78, 5) is 44.7. The molecule has 0 bridgehead atoms. The van der Waals surface area contributed by atoms with E-state index in [0.29, 0.717) is 23.6 Å². The molecule has 48 heavy (non-hydrogen) atoms. The van der Waals surface area contributed by atoms with E-state index in [1.165, 1.54) is 58.6 Å². The van der Waals surface area contributed by atoms with E-state index < -0.39 is 18.4 Å². The summed E-state index contributed by atoms with van der Waals surface area (Å²) in [6.07, 6.45) is 7.01. The van der Waals surface area contributed by atoms with Crippen molar-refractivity contribution in [1.29, 1.82) is 0 Å². The van der Waals surface area contributed by atoms with Crippen molar-refractivity contribution < 1.29 is 28.6 Å². The van der Waals surface area contributed by atoms with Crippen molar-refractivity contribution >= 4 is 62.8 Å². The minimum Gasteiger partial charge on any atom is -0.462 e. The largest absolute Gasteiger partial charge is 0.510 e. The van der Waals surface area contributed by atoms with E-state index in [4.69, 9.17) is 30.2 Å². The number of halogens is 1. The summed E-state index contributed by atoms with van der Waals surface area (Å²) >= 11 is 8.30. The molecule has 0 spiro atoms. The Balaban J connectivity index is 1.14. The Labute approximate surface area is 292 Å². The SMILES string of the molecule is CCCCCCCCCCOC(=O)OC(C(=O)OCC)N1C(=O)Cc2cc(CCN3CCN(c4nsc5ccccc45)CC3)c(Cl)cc21. The van der Waals surface area contributed by atoms with Gasteiger partial charge in [-0.05, 0) is 60.6 Å². The van der Waals surface area contributed by atoms with Gasteiger partial charge in [-0.1, -0.05) is 81.7 Å². The van der Waals surface area contributed by atoms with Crippen LogP contribution >= 0.6 is 23.1 Å². The van der Waals surface area contributed by atoms with Crippen LogP contribution in [0, 0.1) is 0 Å². The fraction of sp³-hybridized carbons (Fsp3) is 0.556. The van der Waals surface area contributed by atoms with Crippen molar-refractivity contribution in [3.05, 3.63) is 52.5 Å². The maximum absolute atomic E-state index is 13.3. The van der Waals surface area contributed by atoms with Crippen LogP contribution in [-0.4, -0.2) is 79.5 Å². The number of carbonyl (C=O) groups is 3. The van der Waals surface area contributed by atoms with Gasteiger partial charge in [-0.3, -0.25) is 14.6 Å². The van der Waals surface area contributed by atoms with Crippen LogP contribution in [0.2, 0.25) is 5.02 Å². The third-order valence-corrected chi connectivity index (χ3v) is 10.2. The molecule has 0 saturated carbocycles. The van der Waals surface area contributed by atoms with Crippen LogP contribution in [0.1, 0.15) is 76.3 Å². The number of anilines is 2. The molecular formula is C36H47ClN4O6S. The molecule has 12 heteroatoms. The zero-order valence-electron chi connectivity index (χ0n) is 28.1. The first-order valence-electron chi connectivity index (χ1n) is 17.3. The summed E-state index contributed by atoms with van der Waals surface area (Å²) in [6, 6.07) is 12.0. The van der Waals surface area contributed by atoms with Crippen molar-refractivity contribution in [2.24, 2.45) is 0 Å². The number of esters is 1. The topological polar surface area (TPSA) is 102 Å². The highest BCUT2D eigenvalue weighted by atomic mass is 35.5. The quantitative estimate of drug-likeness (QED) is 0.106. The Bertz CT molecular complexity index is 1540. The zero-order chi connectivity index (χ0) is 33.9. The van der Waals surface area contributed by atoms with Crippen LogP contribution in [0.25, 0.3) is 10.1 Å². The summed E-state index contributed by atoms with van der Waals surface area (Å²) < 4.78 is 21.8. The molecule has 2 aliphatic rings. The molecule has 3 heterocycles. The van der Waals surface area contributed by atoms with Gasteiger partial charge >= 0.3 is 12.1 Å². The maximum Gasteiger partial charge on any atom is 0.510 e. The first-order chi connectivity index (χ1) is 23.4. The Morgan fingerprint density at radius 2 is 1.69 bits per heavy atom. The smallest absolute Gasteiger partial charge is 0.462 e. The summed E-state index contributed by atoms with van der Waals surface area (Å²) in [5.74, 6) is -0.154. The normalized spacial score (nSPS) is 15.5. The highest BCUT2D eigenvalue weighted by Gasteiger charge is 2.41. The lowest BCUT2D eigenvalue weighted by Crippen LogP contribution is -2.47. The van der Waals surface area contributed by atoms with Gasteiger partial charge in [0.25, 0.3) is 6.23 Å². The molecule has 0 radical (unpaired) electrons. The number of aromatic nitrogens is 1. The Morgan fingerprint density at radius 1 is 0.958 bits per heavy atom. The molecule has 1 fully saturated rings. The number of rotatable bonds is 17. The Morgan fingerprint density at radius 3 is 2.44 bits per heavy atom. The lowest BCUT2D eigenvalue weighted by atomic mass is 10.1. The maximum atomic E-state index is 13.3. The van der Waals surface area contributed by atoms with Crippen molar-refractivity contribution in [2.45, 2.75) is 84.3 Å². The van der Waals surface area contributed by atoms with Crippen LogP contribution in [0.15, 0.2) is 36.4 Å². The highest BCUT2D eigenvalue weighted by molar-refractivity contribution is 7.13. The van der Waals surface area contributed by atoms with Crippen LogP contribution in [0.3, 0.4) is 0 Å². The fourth-order valence-corrected chi connectivity index (χ4v) is 7.40. The fourth-order valence-electron chi connectivity index (χ4n) is 6.35. The van der Waals surface area contributed by atoms with Gasteiger partial charge in [0, 0.05) is 43.1 Å². The zero-order valence-corrected chi connectivity index (χ0v) is 29.7. The number of ether oxygens (including phenoxy) is 3. The molecule has 1 unspecified atom stereocenters. The van der Waals surface area contributed by atoms with Gasteiger partial charge in [0.15, 0.2) is 0 Å². The molecule has 1 saturated heterocycles. The van der Waals surface area contributed by atoms with E-state index in [-0.39, 0.29) is 25.5 Å². The average Bonchev–Trinajstić information content (AvgIpc) is 3.65. The molecular weight excluding hydrogens is 652 g/mol. The van der Waals surface area contributed by atoms with Crippen molar-refractivity contribution in [3.8, 4) is 0 Å². The predicted octanol–water partition coefficient (Wildman–Crippen LogP) is 7.39. The second-order valence-electron chi connectivity index (χ2n) is 12.4. The van der Waals surface area contributed by atoms with E-state index >= 15 is 0 Å². The van der Waals surface area contributed by atoms with Gasteiger partial charge in [-0.2, -0.15) is 4.37 Å². The molecule has 1 aromatic heterocycles. The van der Waals surface area contributed by atoms with E-state index in [9.17, 15) is 14.4 Å². The molecule has 3 aromatic rings. The van der Waals surface area contributed by atoms with Gasteiger partial charge in [-0.15, -0.1) is 0 Å². The van der Waals surface area contributed by atoms with Gasteiger partial charge < -0.3 is 19.1 Å². The summed E-state index contributed by atoms with van der Waals surface area (Å²) in [7, 11) is 0. The minimum atomic E-state index is -1.60. The lowest BCUT2D eigenvalue weighted by Gasteiger charge is -2.35. The number of hydrogen-bond donors (Lipinski definition) is 0. The molecule has 2 aliphatic heterocycles. The van der Waals surface area contributed by atoms with E-state index in [2.05, 4.69) is 34.9 Å². The summed E-state index contributed by atoms with van der Waals surface area (Å²) in [5.41, 5.74) is 2.09. The lowest BCUT2D eigenvalue weighted by molar-refractivity contribution is -0.155. The second-order valence-corrected chi connectivity index (χ2v) is 13.6. The van der Waals surface area contributed by atoms with Crippen LogP contribution in [0.4, 0.5) is 16.3 Å². The Hall–Kier alpha value is -3.41. The first-order valence-corrected chi connectivity index (χ1v) is 18.5. The third-order valence-electron chi connectivity index (χ3n) is 8.99. The van der Waals surface area contributed by atoms with Crippen LogP contribution < -0.4 is 9.80 Å². The van der Waals surface area contributed by atoms with Gasteiger partial charge in [0.2, 0.25) is 5.91 Å². The summed E-state index contributed by atoms with van der Waals surface area (Å²) in [6.45, 7) is 8.53. The molecule has 1 atom stereocenters. The number of carbonyl (C=O) groups excluding carboxylic acids is 3. The second kappa shape index (κ2) is 17.8. The first kappa shape index (κ1) is 35.9. The monoisotopic (exact) mass is 698 g/mol. The van der Waals surface area contributed by atoms with Crippen molar-refractivity contribution in [2.75, 3.05) is 55.7 Å². The molecule has 0 N–H and O–H groups in total. The van der Waals surface area contributed by atoms with Gasteiger partial charge in [0.1, 0.15) is 5.82 Å². The Kier molecular flexibility index (Phi) is 13.3. The number of nitrogens with zero attached hydrogens (tertiary/aromatic N) is 4. The molecule has 1 amide bonds. The van der Waals surface area contributed by atoms with E-state index in [1.54, 1.807) is 13.0 Å². The standard InChI is InChI=1S/C36H47ClN4O6S/c1-3-5-6-7-8-9-10-13-22-46-36(44)47-34(35(43)45-4-2)41-30-25-29(37)26(23-27(30)24-32(41)42)16-17-39-18-20-40(21-19-39)33-28-14-11-12-15-31(28)48-38-33/h11-12,14-15,23,25,34H,3-10,13,16-22,24H2,1-2H3. The molecule has 10 nitrogen and oxygen atoms in total. The average molecular weight is 699 g/mol. The number of unbranched alkanes of at least 4 members (excludes halogenated alkanes) is 7. The minimum absolute atomic E-state index is 0.0618. The number of hydrogen-bond acceptors (Lipinski definition) is 10. The predicted molar refractivity (Wildman–Crippen MR) is 190 cm³/mol. The molecule has 5 rings (SSSR count). The van der Waals surface area contributed by atoms with E-state index in [0.717, 1.165) is 62.5 Å². The number of benzene rings is 2. The molecule has 0 aliphatic carbocycles. The van der Waals surface area contributed by atoms with Crippen molar-refractivity contribution in [3.63, 3.8) is 0 Å². The number of amides is 1. The molecule has 260 valence electrons.